The van der Waals surface area contributed by atoms with Crippen molar-refractivity contribution in [1.82, 2.24) is 0 Å². The number of benzene rings is 2. The molecule has 0 saturated heterocycles. The molecule has 1 amide bonds. The quantitative estimate of drug-likeness (QED) is 0.254. The molecule has 0 aliphatic rings. The molecule has 0 saturated carbocycles. The number of nitro benzene ring substituents is 1. The van der Waals surface area contributed by atoms with Gasteiger partial charge in [0.05, 0.1) is 4.92 Å². The third kappa shape index (κ3) is 6.82. The lowest BCUT2D eigenvalue weighted by molar-refractivity contribution is -0.384. The average Bonchev–Trinajstić information content (AvgIpc) is 2.69. The Kier molecular flexibility index (Phi) is 8.32. The van der Waals surface area contributed by atoms with Gasteiger partial charge in [-0.15, -0.1) is 0 Å². The average molecular weight is 453 g/mol. The zero-order valence-corrected chi connectivity index (χ0v) is 17.5. The van der Waals surface area contributed by atoms with Crippen LogP contribution in [0.1, 0.15) is 35.2 Å². The number of nitrogens with zero attached hydrogens (tertiary/aromatic N) is 1. The normalized spacial score (nSPS) is 10.4. The minimum atomic E-state index is -0.708. The Bertz CT molecular complexity index is 993. The van der Waals surface area contributed by atoms with Crippen molar-refractivity contribution in [3.05, 3.63) is 67.7 Å². The van der Waals surface area contributed by atoms with E-state index in [1.165, 1.54) is 12.1 Å². The van der Waals surface area contributed by atoms with Crippen LogP contribution in [-0.4, -0.2) is 29.2 Å². The maximum Gasteiger partial charge on any atom is 0.306 e. The summed E-state index contributed by atoms with van der Waals surface area (Å²) in [6.07, 6.45) is 0.249. The molecule has 0 atom stereocenters. The van der Waals surface area contributed by atoms with E-state index in [2.05, 4.69) is 5.32 Å². The van der Waals surface area contributed by atoms with E-state index in [9.17, 15) is 24.5 Å². The van der Waals surface area contributed by atoms with E-state index < -0.39 is 29.0 Å². The number of rotatable bonds is 9. The smallest absolute Gasteiger partial charge is 0.306 e. The molecule has 0 spiro atoms. The lowest BCUT2D eigenvalue weighted by Gasteiger charge is -2.07. The van der Waals surface area contributed by atoms with E-state index in [4.69, 9.17) is 27.9 Å². The summed E-state index contributed by atoms with van der Waals surface area (Å²) in [5, 5.41) is 14.0. The summed E-state index contributed by atoms with van der Waals surface area (Å²) in [7, 11) is 0. The Morgan fingerprint density at radius 3 is 2.47 bits per heavy atom. The Labute approximate surface area is 182 Å². The fourth-order valence-electron chi connectivity index (χ4n) is 2.41. The number of carbonyl (C=O) groups excluding carboxylic acids is 3. The van der Waals surface area contributed by atoms with Crippen LogP contribution in [0.2, 0.25) is 10.0 Å². The number of esters is 1. The molecule has 0 unspecified atom stereocenters. The summed E-state index contributed by atoms with van der Waals surface area (Å²) in [6, 6.07) is 8.71. The van der Waals surface area contributed by atoms with Gasteiger partial charge in [0.2, 0.25) is 11.7 Å². The highest BCUT2D eigenvalue weighted by molar-refractivity contribution is 6.32. The maximum absolute atomic E-state index is 12.1. The molecule has 30 heavy (non-hydrogen) atoms. The molecule has 0 heterocycles. The fraction of sp³-hybridized carbons (Fsp3) is 0.250. The van der Waals surface area contributed by atoms with Crippen LogP contribution >= 0.6 is 23.2 Å². The number of nitro groups is 1. The van der Waals surface area contributed by atoms with Gasteiger partial charge in [-0.1, -0.05) is 29.3 Å². The van der Waals surface area contributed by atoms with Gasteiger partial charge in [-0.3, -0.25) is 24.5 Å². The van der Waals surface area contributed by atoms with Gasteiger partial charge in [-0.2, -0.15) is 0 Å². The summed E-state index contributed by atoms with van der Waals surface area (Å²) in [5.41, 5.74) is 1.05. The highest BCUT2D eigenvalue weighted by atomic mass is 35.5. The number of aryl methyl sites for hydroxylation is 1. The molecular weight excluding hydrogens is 435 g/mol. The number of Topliss-reactive ketones (excluding diaryl/α,β-unsaturated/α-hetero) is 1. The van der Waals surface area contributed by atoms with Crippen LogP contribution < -0.4 is 5.32 Å². The van der Waals surface area contributed by atoms with Crippen LogP contribution in [0.4, 0.5) is 11.4 Å². The van der Waals surface area contributed by atoms with Crippen LogP contribution in [0, 0.1) is 17.0 Å². The standard InChI is InChI=1S/C20H18Cl2N2O6/c1-12-5-7-14(10-16(12)22)23-19(26)3-2-4-20(27)30-11-18(25)13-6-8-15(21)17(9-13)24(28)29/h5-10H,2-4,11H2,1H3,(H,23,26). The second-order valence-corrected chi connectivity index (χ2v) is 7.19. The number of anilines is 1. The highest BCUT2D eigenvalue weighted by Crippen LogP contribution is 2.25. The molecule has 8 nitrogen and oxygen atoms in total. The summed E-state index contributed by atoms with van der Waals surface area (Å²) in [4.78, 5) is 45.9. The lowest BCUT2D eigenvalue weighted by Crippen LogP contribution is -2.15. The minimum Gasteiger partial charge on any atom is -0.457 e. The van der Waals surface area contributed by atoms with Gasteiger partial charge in [0.1, 0.15) is 5.02 Å². The monoisotopic (exact) mass is 452 g/mol. The fourth-order valence-corrected chi connectivity index (χ4v) is 2.78. The van der Waals surface area contributed by atoms with Crippen LogP contribution in [0.15, 0.2) is 36.4 Å². The lowest BCUT2D eigenvalue weighted by atomic mass is 10.1. The predicted molar refractivity (Wildman–Crippen MR) is 112 cm³/mol. The van der Waals surface area contributed by atoms with E-state index in [1.54, 1.807) is 18.2 Å². The molecule has 2 aromatic rings. The second kappa shape index (κ2) is 10.7. The first kappa shape index (κ1) is 23.3. The number of ether oxygens (including phenoxy) is 1. The van der Waals surface area contributed by atoms with E-state index in [-0.39, 0.29) is 35.8 Å². The highest BCUT2D eigenvalue weighted by Gasteiger charge is 2.17. The third-order valence-corrected chi connectivity index (χ3v) is 4.80. The van der Waals surface area contributed by atoms with E-state index in [1.807, 2.05) is 6.92 Å². The molecule has 0 bridgehead atoms. The van der Waals surface area contributed by atoms with E-state index in [0.29, 0.717) is 10.7 Å². The number of hydrogen-bond donors (Lipinski definition) is 1. The first-order valence-electron chi connectivity index (χ1n) is 8.86. The Morgan fingerprint density at radius 2 is 1.80 bits per heavy atom. The van der Waals surface area contributed by atoms with Gasteiger partial charge in [0.15, 0.2) is 6.61 Å². The summed E-state index contributed by atoms with van der Waals surface area (Å²) in [5.74, 6) is -1.54. The summed E-state index contributed by atoms with van der Waals surface area (Å²) in [6.45, 7) is 1.28. The molecular formula is C20H18Cl2N2O6. The van der Waals surface area contributed by atoms with E-state index >= 15 is 0 Å². The first-order valence-corrected chi connectivity index (χ1v) is 9.61. The van der Waals surface area contributed by atoms with Gasteiger partial charge in [-0.25, -0.2) is 0 Å². The second-order valence-electron chi connectivity index (χ2n) is 6.37. The van der Waals surface area contributed by atoms with Crippen molar-refractivity contribution in [2.75, 3.05) is 11.9 Å². The largest absolute Gasteiger partial charge is 0.457 e. The third-order valence-electron chi connectivity index (χ3n) is 4.07. The van der Waals surface area contributed by atoms with E-state index in [0.717, 1.165) is 11.6 Å². The molecule has 0 radical (unpaired) electrons. The van der Waals surface area contributed by atoms with Crippen LogP contribution in [0.5, 0.6) is 0 Å². The number of nitrogens with one attached hydrogen (secondary N) is 1. The molecule has 0 fully saturated rings. The molecule has 10 heteroatoms. The number of ketones is 1. The van der Waals surface area contributed by atoms with Crippen LogP contribution in [-0.2, 0) is 14.3 Å². The molecule has 158 valence electrons. The van der Waals surface area contributed by atoms with Crippen molar-refractivity contribution in [2.24, 2.45) is 0 Å². The van der Waals surface area contributed by atoms with Crippen molar-refractivity contribution < 1.29 is 24.0 Å². The van der Waals surface area contributed by atoms with Crippen molar-refractivity contribution in [2.45, 2.75) is 26.2 Å². The number of carbonyl (C=O) groups is 3. The number of halogens is 2. The Morgan fingerprint density at radius 1 is 1.07 bits per heavy atom. The topological polar surface area (TPSA) is 116 Å². The van der Waals surface area contributed by atoms with Crippen LogP contribution in [0.3, 0.4) is 0 Å². The minimum absolute atomic E-state index is 0.00929. The first-order chi connectivity index (χ1) is 14.2. The number of hydrogen-bond acceptors (Lipinski definition) is 6. The van der Waals surface area contributed by atoms with Gasteiger partial charge in [0.25, 0.3) is 5.69 Å². The SMILES string of the molecule is Cc1ccc(NC(=O)CCCC(=O)OCC(=O)c2ccc(Cl)c([N+](=O)[O-])c2)cc1Cl. The summed E-state index contributed by atoms with van der Waals surface area (Å²) >= 11 is 11.7. The van der Waals surface area contributed by atoms with Gasteiger partial charge in [0, 0.05) is 35.2 Å². The maximum atomic E-state index is 12.1. The Hall–Kier alpha value is -2.97. The van der Waals surface area contributed by atoms with Crippen LogP contribution in [0.25, 0.3) is 0 Å². The van der Waals surface area contributed by atoms with Gasteiger partial charge >= 0.3 is 5.97 Å². The molecule has 0 aromatic heterocycles. The number of amides is 1. The van der Waals surface area contributed by atoms with Crippen molar-refractivity contribution in [3.8, 4) is 0 Å². The zero-order chi connectivity index (χ0) is 22.3. The van der Waals surface area contributed by atoms with Crippen molar-refractivity contribution in [1.29, 1.82) is 0 Å². The summed E-state index contributed by atoms with van der Waals surface area (Å²) < 4.78 is 4.88. The van der Waals surface area contributed by atoms with Crippen molar-refractivity contribution in [3.63, 3.8) is 0 Å². The van der Waals surface area contributed by atoms with Crippen molar-refractivity contribution >= 4 is 52.2 Å². The molecule has 0 aliphatic heterocycles. The van der Waals surface area contributed by atoms with Gasteiger partial charge < -0.3 is 10.1 Å². The predicted octanol–water partition coefficient (Wildman–Crippen LogP) is 4.74. The molecule has 0 aliphatic carbocycles. The molecule has 1 N–H and O–H groups in total. The molecule has 2 aromatic carbocycles. The Balaban J connectivity index is 1.75. The zero-order valence-electron chi connectivity index (χ0n) is 15.9. The molecule has 2 rings (SSSR count). The van der Waals surface area contributed by atoms with Gasteiger partial charge in [-0.05, 0) is 43.2 Å².